The third-order valence-corrected chi connectivity index (χ3v) is 3.68. The van der Waals surface area contributed by atoms with Crippen LogP contribution in [0.1, 0.15) is 22.5 Å². The fourth-order valence-electron chi connectivity index (χ4n) is 1.50. The van der Waals surface area contributed by atoms with E-state index in [2.05, 4.69) is 21.0 Å². The van der Waals surface area contributed by atoms with E-state index >= 15 is 0 Å². The average molecular weight is 271 g/mol. The second kappa shape index (κ2) is 5.24. The summed E-state index contributed by atoms with van der Waals surface area (Å²) in [7, 11) is 0. The molecule has 0 aromatic carbocycles. The predicted octanol–water partition coefficient (Wildman–Crippen LogP) is 2.40. The number of pyridine rings is 1. The number of anilines is 1. The number of nitrogens with zero attached hydrogens (tertiary/aromatic N) is 4. The number of hydrogen-bond donors (Lipinski definition) is 1. The van der Waals surface area contributed by atoms with Crippen LogP contribution in [0.3, 0.4) is 0 Å². The van der Waals surface area contributed by atoms with Gasteiger partial charge in [-0.25, -0.2) is 15.0 Å². The van der Waals surface area contributed by atoms with Crippen LogP contribution in [0.25, 0.3) is 0 Å². The van der Waals surface area contributed by atoms with E-state index in [1.165, 1.54) is 18.0 Å². The maximum absolute atomic E-state index is 9.07. The van der Waals surface area contributed by atoms with Crippen molar-refractivity contribution in [1.82, 2.24) is 15.0 Å². The molecule has 0 atom stereocenters. The lowest BCUT2D eigenvalue weighted by Crippen LogP contribution is -1.99. The summed E-state index contributed by atoms with van der Waals surface area (Å²) >= 11 is 1.27. The zero-order valence-corrected chi connectivity index (χ0v) is 11.7. The highest BCUT2D eigenvalue weighted by molar-refractivity contribution is 7.99. The summed E-state index contributed by atoms with van der Waals surface area (Å²) in [6, 6.07) is 3.68. The Hall–Kier alpha value is -2.13. The topological polar surface area (TPSA) is 88.5 Å². The molecule has 2 aromatic heterocycles. The molecule has 2 N–H and O–H groups in total. The molecular formula is C13H13N5S. The van der Waals surface area contributed by atoms with Crippen LogP contribution >= 0.6 is 11.8 Å². The van der Waals surface area contributed by atoms with Gasteiger partial charge in [0.25, 0.3) is 0 Å². The van der Waals surface area contributed by atoms with Crippen molar-refractivity contribution in [3.8, 4) is 6.07 Å². The number of hydrogen-bond acceptors (Lipinski definition) is 6. The van der Waals surface area contributed by atoms with Crippen LogP contribution in [0.15, 0.2) is 22.4 Å². The van der Waals surface area contributed by atoms with Crippen molar-refractivity contribution in [2.24, 2.45) is 0 Å². The van der Waals surface area contributed by atoms with Crippen LogP contribution in [-0.4, -0.2) is 15.0 Å². The molecule has 96 valence electrons. The van der Waals surface area contributed by atoms with Gasteiger partial charge in [0.05, 0.1) is 17.4 Å². The van der Waals surface area contributed by atoms with Crippen molar-refractivity contribution in [1.29, 1.82) is 5.26 Å². The van der Waals surface area contributed by atoms with Gasteiger partial charge >= 0.3 is 0 Å². The van der Waals surface area contributed by atoms with Crippen molar-refractivity contribution >= 4 is 17.4 Å². The Morgan fingerprint density at radius 1 is 1.21 bits per heavy atom. The average Bonchev–Trinajstić information content (AvgIpc) is 2.38. The van der Waals surface area contributed by atoms with Gasteiger partial charge in [-0.3, -0.25) is 0 Å². The minimum Gasteiger partial charge on any atom is -0.397 e. The molecule has 0 bridgehead atoms. The van der Waals surface area contributed by atoms with Gasteiger partial charge in [-0.15, -0.1) is 0 Å². The Bertz CT molecular complexity index is 652. The molecule has 0 saturated carbocycles. The van der Waals surface area contributed by atoms with Gasteiger partial charge in [0.1, 0.15) is 11.1 Å². The summed E-state index contributed by atoms with van der Waals surface area (Å²) in [6.07, 6.45) is 1.52. The van der Waals surface area contributed by atoms with Gasteiger partial charge < -0.3 is 5.73 Å². The predicted molar refractivity (Wildman–Crippen MR) is 73.7 cm³/mol. The van der Waals surface area contributed by atoms with Crippen LogP contribution in [0.2, 0.25) is 0 Å². The van der Waals surface area contributed by atoms with E-state index < -0.39 is 0 Å². The van der Waals surface area contributed by atoms with Crippen LogP contribution in [0, 0.1) is 32.1 Å². The zero-order valence-electron chi connectivity index (χ0n) is 10.9. The number of nitrogens with two attached hydrogens (primary N) is 1. The maximum Gasteiger partial charge on any atom is 0.194 e. The largest absolute Gasteiger partial charge is 0.397 e. The van der Waals surface area contributed by atoms with Gasteiger partial charge in [-0.2, -0.15) is 5.26 Å². The van der Waals surface area contributed by atoms with E-state index in [-0.39, 0.29) is 0 Å². The molecule has 0 aliphatic heterocycles. The standard InChI is InChI=1S/C13H13N5S/c1-7-8(2)17-13(18-9(7)3)19-12-10(5-14)4-11(15)6-16-12/h4,6H,15H2,1-3H3. The van der Waals surface area contributed by atoms with Crippen molar-refractivity contribution in [3.63, 3.8) is 0 Å². The molecule has 6 heteroatoms. The Morgan fingerprint density at radius 3 is 2.42 bits per heavy atom. The summed E-state index contributed by atoms with van der Waals surface area (Å²) < 4.78 is 0. The van der Waals surface area contributed by atoms with E-state index in [4.69, 9.17) is 11.0 Å². The normalized spacial score (nSPS) is 10.2. The Morgan fingerprint density at radius 2 is 1.84 bits per heavy atom. The second-order valence-corrected chi connectivity index (χ2v) is 5.09. The number of aryl methyl sites for hydroxylation is 2. The minimum absolute atomic E-state index is 0.435. The summed E-state index contributed by atoms with van der Waals surface area (Å²) in [6.45, 7) is 5.87. The lowest BCUT2D eigenvalue weighted by atomic mass is 10.2. The van der Waals surface area contributed by atoms with E-state index in [9.17, 15) is 0 Å². The quantitative estimate of drug-likeness (QED) is 0.844. The Labute approximate surface area is 115 Å². The number of nitrogen functional groups attached to an aromatic ring is 1. The first kappa shape index (κ1) is 13.3. The molecule has 0 unspecified atom stereocenters. The lowest BCUT2D eigenvalue weighted by molar-refractivity contribution is 0.878. The second-order valence-electron chi connectivity index (χ2n) is 4.14. The highest BCUT2D eigenvalue weighted by Crippen LogP contribution is 2.27. The summed E-state index contributed by atoms with van der Waals surface area (Å²) in [5.41, 5.74) is 9.46. The van der Waals surface area contributed by atoms with Crippen LogP contribution in [0.4, 0.5) is 5.69 Å². The third-order valence-electron chi connectivity index (χ3n) is 2.79. The Balaban J connectivity index is 2.40. The van der Waals surface area contributed by atoms with Crippen LogP contribution < -0.4 is 5.73 Å². The molecule has 2 rings (SSSR count). The molecule has 0 radical (unpaired) electrons. The van der Waals surface area contributed by atoms with E-state index in [0.29, 0.717) is 21.4 Å². The van der Waals surface area contributed by atoms with E-state index in [1.807, 2.05) is 20.8 Å². The molecule has 0 amide bonds. The molecule has 5 nitrogen and oxygen atoms in total. The summed E-state index contributed by atoms with van der Waals surface area (Å²) in [5.74, 6) is 0. The van der Waals surface area contributed by atoms with Crippen molar-refractivity contribution in [3.05, 3.63) is 34.8 Å². The molecule has 0 spiro atoms. The van der Waals surface area contributed by atoms with Gasteiger partial charge in [0.2, 0.25) is 0 Å². The molecular weight excluding hydrogens is 258 g/mol. The SMILES string of the molecule is Cc1nc(Sc2ncc(N)cc2C#N)nc(C)c1C. The minimum atomic E-state index is 0.435. The highest BCUT2D eigenvalue weighted by atomic mass is 32.2. The van der Waals surface area contributed by atoms with Gasteiger partial charge in [0.15, 0.2) is 5.16 Å². The molecule has 0 fully saturated rings. The molecule has 19 heavy (non-hydrogen) atoms. The molecule has 0 saturated heterocycles. The summed E-state index contributed by atoms with van der Waals surface area (Å²) in [5, 5.41) is 10.2. The first-order valence-electron chi connectivity index (χ1n) is 5.66. The first-order valence-corrected chi connectivity index (χ1v) is 6.48. The lowest BCUT2D eigenvalue weighted by Gasteiger charge is -2.07. The van der Waals surface area contributed by atoms with Crippen molar-refractivity contribution in [2.45, 2.75) is 31.0 Å². The summed E-state index contributed by atoms with van der Waals surface area (Å²) in [4.78, 5) is 13.0. The third kappa shape index (κ3) is 2.83. The van der Waals surface area contributed by atoms with Crippen molar-refractivity contribution < 1.29 is 0 Å². The molecule has 0 aliphatic rings. The van der Waals surface area contributed by atoms with Crippen LogP contribution in [-0.2, 0) is 0 Å². The highest BCUT2D eigenvalue weighted by Gasteiger charge is 2.11. The first-order chi connectivity index (χ1) is 9.01. The maximum atomic E-state index is 9.07. The smallest absolute Gasteiger partial charge is 0.194 e. The molecule has 2 heterocycles. The molecule has 2 aromatic rings. The number of rotatable bonds is 2. The van der Waals surface area contributed by atoms with Crippen LogP contribution in [0.5, 0.6) is 0 Å². The number of aromatic nitrogens is 3. The van der Waals surface area contributed by atoms with Gasteiger partial charge in [-0.1, -0.05) is 0 Å². The van der Waals surface area contributed by atoms with Gasteiger partial charge in [0, 0.05) is 11.4 Å². The Kier molecular flexibility index (Phi) is 3.67. The van der Waals surface area contributed by atoms with E-state index in [0.717, 1.165) is 17.0 Å². The zero-order chi connectivity index (χ0) is 14.0. The van der Waals surface area contributed by atoms with E-state index in [1.54, 1.807) is 6.07 Å². The van der Waals surface area contributed by atoms with Crippen molar-refractivity contribution in [2.75, 3.05) is 5.73 Å². The fourth-order valence-corrected chi connectivity index (χ4v) is 2.36. The monoisotopic (exact) mass is 271 g/mol. The molecule has 0 aliphatic carbocycles. The van der Waals surface area contributed by atoms with Gasteiger partial charge in [-0.05, 0) is 44.2 Å². The number of nitriles is 1. The fraction of sp³-hybridized carbons (Fsp3) is 0.231.